The van der Waals surface area contributed by atoms with Crippen LogP contribution in [0, 0.1) is 0 Å². The summed E-state index contributed by atoms with van der Waals surface area (Å²) in [5.41, 5.74) is 0.938. The molecule has 0 radical (unpaired) electrons. The van der Waals surface area contributed by atoms with Crippen molar-refractivity contribution in [2.24, 2.45) is 5.10 Å². The maximum atomic E-state index is 10.7. The lowest BCUT2D eigenvalue weighted by Crippen LogP contribution is -2.03. The van der Waals surface area contributed by atoms with E-state index in [1.807, 2.05) is 31.2 Å². The largest absolute Gasteiger partial charge is 0.481 e. The monoisotopic (exact) mass is 382 g/mol. The minimum absolute atomic E-state index is 0.0714. The number of aromatic nitrogens is 3. The second-order valence-corrected chi connectivity index (χ2v) is 6.30. The highest BCUT2D eigenvalue weighted by Crippen LogP contribution is 2.18. The summed E-state index contributed by atoms with van der Waals surface area (Å²) in [4.78, 5) is 10.7. The van der Waals surface area contributed by atoms with Crippen LogP contribution in [0.15, 0.2) is 39.0 Å². The van der Waals surface area contributed by atoms with Gasteiger partial charge in [-0.05, 0) is 24.1 Å². The van der Waals surface area contributed by atoms with Gasteiger partial charge in [-0.2, -0.15) is 9.78 Å². The fraction of sp³-hybridized carbons (Fsp3) is 0.286. The van der Waals surface area contributed by atoms with Crippen molar-refractivity contribution < 1.29 is 9.90 Å². The molecule has 1 N–H and O–H groups in total. The molecule has 0 unspecified atom stereocenters. The Hall–Kier alpha value is -1.67. The average molecular weight is 383 g/mol. The number of nitrogens with zero attached hydrogens (tertiary/aromatic N) is 4. The van der Waals surface area contributed by atoms with E-state index < -0.39 is 5.97 Å². The van der Waals surface area contributed by atoms with Gasteiger partial charge >= 0.3 is 5.97 Å². The van der Waals surface area contributed by atoms with E-state index >= 15 is 0 Å². The lowest BCUT2D eigenvalue weighted by molar-refractivity contribution is -0.133. The zero-order valence-electron chi connectivity index (χ0n) is 11.9. The fourth-order valence-electron chi connectivity index (χ4n) is 1.68. The van der Waals surface area contributed by atoms with Gasteiger partial charge < -0.3 is 5.11 Å². The fourth-order valence-corrected chi connectivity index (χ4v) is 2.57. The van der Waals surface area contributed by atoms with Crippen molar-refractivity contribution in [3.8, 4) is 0 Å². The molecular formula is C14H15BrN4O2S. The first-order chi connectivity index (χ1) is 10.6. The maximum absolute atomic E-state index is 10.7. The molecule has 0 bridgehead atoms. The number of carbonyl (C=O) groups is 1. The van der Waals surface area contributed by atoms with Crippen molar-refractivity contribution in [1.29, 1.82) is 0 Å². The van der Waals surface area contributed by atoms with Crippen LogP contribution in [-0.4, -0.2) is 37.9 Å². The number of carboxylic acids is 1. The summed E-state index contributed by atoms with van der Waals surface area (Å²) in [6.07, 6.45) is 3.35. The van der Waals surface area contributed by atoms with E-state index in [0.29, 0.717) is 5.16 Å². The van der Waals surface area contributed by atoms with Crippen LogP contribution in [0.5, 0.6) is 0 Å². The minimum Gasteiger partial charge on any atom is -0.481 e. The molecular weight excluding hydrogens is 368 g/mol. The molecule has 0 saturated heterocycles. The Labute approximate surface area is 140 Å². The highest BCUT2D eigenvalue weighted by atomic mass is 79.9. The van der Waals surface area contributed by atoms with E-state index in [0.717, 1.165) is 40.5 Å². The lowest BCUT2D eigenvalue weighted by Gasteiger charge is -2.02. The van der Waals surface area contributed by atoms with Crippen molar-refractivity contribution in [2.75, 3.05) is 5.75 Å². The summed E-state index contributed by atoms with van der Waals surface area (Å²) in [5.74, 6) is -0.241. The molecule has 2 aromatic rings. The highest BCUT2D eigenvalue weighted by Gasteiger charge is 2.12. The summed E-state index contributed by atoms with van der Waals surface area (Å²) in [6, 6.07) is 7.73. The van der Waals surface area contributed by atoms with Crippen LogP contribution in [0.4, 0.5) is 0 Å². The second-order valence-electron chi connectivity index (χ2n) is 4.44. The van der Waals surface area contributed by atoms with Gasteiger partial charge in [-0.1, -0.05) is 46.7 Å². The third kappa shape index (κ3) is 4.67. The van der Waals surface area contributed by atoms with Crippen molar-refractivity contribution in [2.45, 2.75) is 24.9 Å². The molecule has 1 aromatic carbocycles. The lowest BCUT2D eigenvalue weighted by atomic mass is 10.2. The van der Waals surface area contributed by atoms with Crippen LogP contribution in [0.3, 0.4) is 0 Å². The molecule has 0 saturated carbocycles. The Morgan fingerprint density at radius 1 is 1.41 bits per heavy atom. The Morgan fingerprint density at radius 2 is 2.14 bits per heavy atom. The Balaban J connectivity index is 2.23. The summed E-state index contributed by atoms with van der Waals surface area (Å²) < 4.78 is 2.61. The van der Waals surface area contributed by atoms with Crippen molar-refractivity contribution in [3.63, 3.8) is 0 Å². The van der Waals surface area contributed by atoms with Gasteiger partial charge in [0.2, 0.25) is 5.16 Å². The molecule has 0 aliphatic rings. The third-order valence-corrected chi connectivity index (χ3v) is 4.10. The van der Waals surface area contributed by atoms with Gasteiger partial charge in [0.15, 0.2) is 5.82 Å². The van der Waals surface area contributed by atoms with Crippen LogP contribution in [0.25, 0.3) is 0 Å². The van der Waals surface area contributed by atoms with E-state index in [9.17, 15) is 4.79 Å². The molecule has 6 nitrogen and oxygen atoms in total. The van der Waals surface area contributed by atoms with Crippen LogP contribution in [-0.2, 0) is 11.2 Å². The number of benzene rings is 1. The summed E-state index contributed by atoms with van der Waals surface area (Å²) in [7, 11) is 0. The van der Waals surface area contributed by atoms with Crippen LogP contribution in [0.2, 0.25) is 0 Å². The molecule has 0 amide bonds. The quantitative estimate of drug-likeness (QED) is 0.587. The second kappa shape index (κ2) is 8.09. The van der Waals surface area contributed by atoms with E-state index in [-0.39, 0.29) is 5.75 Å². The van der Waals surface area contributed by atoms with E-state index in [1.165, 1.54) is 0 Å². The van der Waals surface area contributed by atoms with Gasteiger partial charge in [0.25, 0.3) is 0 Å². The number of hydrogen-bond donors (Lipinski definition) is 1. The van der Waals surface area contributed by atoms with Gasteiger partial charge in [-0.3, -0.25) is 4.79 Å². The molecule has 1 aromatic heterocycles. The first kappa shape index (κ1) is 16.7. The molecule has 0 aliphatic carbocycles. The predicted octanol–water partition coefficient (Wildman–Crippen LogP) is 3.05. The number of hydrogen-bond acceptors (Lipinski definition) is 5. The van der Waals surface area contributed by atoms with Crippen LogP contribution in [0.1, 0.15) is 24.7 Å². The standard InChI is InChI=1S/C14H15BrN4O2S/c1-2-3-12-17-18-14(22-9-13(20)21)19(12)16-8-10-4-6-11(15)7-5-10/h4-8H,2-3,9H2,1H3,(H,20,21)/b16-8+. The minimum atomic E-state index is -0.895. The molecule has 0 spiro atoms. The van der Waals surface area contributed by atoms with Gasteiger partial charge in [-0.25, -0.2) is 0 Å². The van der Waals surface area contributed by atoms with Gasteiger partial charge in [0.1, 0.15) is 0 Å². The number of aliphatic carboxylic acids is 1. The van der Waals surface area contributed by atoms with Gasteiger partial charge in [0.05, 0.1) is 12.0 Å². The molecule has 0 atom stereocenters. The number of thioether (sulfide) groups is 1. The number of rotatable bonds is 7. The summed E-state index contributed by atoms with van der Waals surface area (Å²) >= 11 is 4.49. The van der Waals surface area contributed by atoms with E-state index in [1.54, 1.807) is 10.9 Å². The molecule has 2 rings (SSSR count). The zero-order chi connectivity index (χ0) is 15.9. The van der Waals surface area contributed by atoms with Crippen molar-refractivity contribution in [1.82, 2.24) is 14.9 Å². The molecule has 1 heterocycles. The average Bonchev–Trinajstić information content (AvgIpc) is 2.87. The summed E-state index contributed by atoms with van der Waals surface area (Å²) in [5, 5.41) is 21.8. The van der Waals surface area contributed by atoms with Gasteiger partial charge in [-0.15, -0.1) is 10.2 Å². The van der Waals surface area contributed by atoms with E-state index in [2.05, 4.69) is 31.2 Å². The number of halogens is 1. The normalized spacial score (nSPS) is 11.2. The third-order valence-electron chi connectivity index (χ3n) is 2.67. The summed E-state index contributed by atoms with van der Waals surface area (Å²) in [6.45, 7) is 2.04. The Kier molecular flexibility index (Phi) is 6.14. The molecule has 8 heteroatoms. The first-order valence-electron chi connectivity index (χ1n) is 6.69. The molecule has 0 fully saturated rings. The van der Waals surface area contributed by atoms with Crippen LogP contribution >= 0.6 is 27.7 Å². The number of aryl methyl sites for hydroxylation is 1. The van der Waals surface area contributed by atoms with E-state index in [4.69, 9.17) is 5.11 Å². The first-order valence-corrected chi connectivity index (χ1v) is 8.46. The van der Waals surface area contributed by atoms with Crippen molar-refractivity contribution >= 4 is 39.9 Å². The van der Waals surface area contributed by atoms with Gasteiger partial charge in [0, 0.05) is 10.9 Å². The number of carboxylic acid groups (broad SMARTS) is 1. The van der Waals surface area contributed by atoms with Crippen molar-refractivity contribution in [3.05, 3.63) is 40.1 Å². The highest BCUT2D eigenvalue weighted by molar-refractivity contribution is 9.10. The Morgan fingerprint density at radius 3 is 2.77 bits per heavy atom. The SMILES string of the molecule is CCCc1nnc(SCC(=O)O)n1/N=C/c1ccc(Br)cc1. The van der Waals surface area contributed by atoms with Crippen LogP contribution < -0.4 is 0 Å². The zero-order valence-corrected chi connectivity index (χ0v) is 14.3. The molecule has 22 heavy (non-hydrogen) atoms. The predicted molar refractivity (Wildman–Crippen MR) is 89.5 cm³/mol. The smallest absolute Gasteiger partial charge is 0.313 e. The topological polar surface area (TPSA) is 80.4 Å². The maximum Gasteiger partial charge on any atom is 0.313 e. The molecule has 0 aliphatic heterocycles. The Bertz CT molecular complexity index is 670. The molecule has 116 valence electrons.